The van der Waals surface area contributed by atoms with E-state index < -0.39 is 5.97 Å². The molecule has 0 aromatic heterocycles. The predicted molar refractivity (Wildman–Crippen MR) is 40.0 cm³/mol. The number of carbonyl (C=O) groups is 1. The first kappa shape index (κ1) is 8.45. The van der Waals surface area contributed by atoms with Crippen LogP contribution in [-0.2, 0) is 4.79 Å². The van der Waals surface area contributed by atoms with Crippen LogP contribution in [-0.4, -0.2) is 47.7 Å². The molecule has 5 heteroatoms. The summed E-state index contributed by atoms with van der Waals surface area (Å²) in [5, 5.41) is 8.42. The Balaban J connectivity index is 2.35. The third-order valence-electron chi connectivity index (χ3n) is 1.85. The maximum absolute atomic E-state index is 10.2. The summed E-state index contributed by atoms with van der Waals surface area (Å²) in [7, 11) is 0. The van der Waals surface area contributed by atoms with Crippen molar-refractivity contribution in [2.75, 3.05) is 19.6 Å². The third kappa shape index (κ3) is 2.14. The van der Waals surface area contributed by atoms with Crippen molar-refractivity contribution in [2.45, 2.75) is 12.1 Å². The van der Waals surface area contributed by atoms with Crippen molar-refractivity contribution >= 4 is 5.97 Å². The summed E-state index contributed by atoms with van der Waals surface area (Å²) in [6.45, 7) is 1.22. The lowest BCUT2D eigenvalue weighted by Gasteiger charge is -2.10. The van der Waals surface area contributed by atoms with Crippen molar-refractivity contribution in [3.8, 4) is 0 Å². The lowest BCUT2D eigenvalue weighted by molar-refractivity contribution is -0.138. The van der Waals surface area contributed by atoms with Crippen LogP contribution < -0.4 is 11.5 Å². The van der Waals surface area contributed by atoms with Crippen LogP contribution in [0.25, 0.3) is 0 Å². The van der Waals surface area contributed by atoms with Gasteiger partial charge in [0.05, 0.1) is 6.54 Å². The minimum absolute atomic E-state index is 0.0431. The van der Waals surface area contributed by atoms with E-state index in [0.717, 1.165) is 0 Å². The average molecular weight is 159 g/mol. The van der Waals surface area contributed by atoms with Gasteiger partial charge >= 0.3 is 5.97 Å². The molecule has 0 spiro atoms. The highest BCUT2D eigenvalue weighted by molar-refractivity contribution is 5.69. The van der Waals surface area contributed by atoms with E-state index in [-0.39, 0.29) is 18.6 Å². The Morgan fingerprint density at radius 1 is 1.45 bits per heavy atom. The number of carboxylic acid groups (broad SMARTS) is 1. The van der Waals surface area contributed by atoms with E-state index >= 15 is 0 Å². The van der Waals surface area contributed by atoms with Crippen molar-refractivity contribution < 1.29 is 9.90 Å². The lowest BCUT2D eigenvalue weighted by Crippen LogP contribution is -2.39. The summed E-state index contributed by atoms with van der Waals surface area (Å²) in [6, 6.07) is -0.149. The first-order valence-electron chi connectivity index (χ1n) is 3.55. The van der Waals surface area contributed by atoms with Crippen molar-refractivity contribution in [1.82, 2.24) is 4.90 Å². The lowest BCUT2D eigenvalue weighted by atomic mass is 10.2. The first-order valence-corrected chi connectivity index (χ1v) is 3.55. The molecule has 1 aliphatic heterocycles. The van der Waals surface area contributed by atoms with Crippen LogP contribution in [0.5, 0.6) is 0 Å². The van der Waals surface area contributed by atoms with Crippen LogP contribution in [0, 0.1) is 0 Å². The third-order valence-corrected chi connectivity index (χ3v) is 1.85. The van der Waals surface area contributed by atoms with Gasteiger partial charge in [-0.25, -0.2) is 0 Å². The van der Waals surface area contributed by atoms with Gasteiger partial charge in [0.2, 0.25) is 0 Å². The van der Waals surface area contributed by atoms with Gasteiger partial charge in [-0.1, -0.05) is 0 Å². The Bertz CT molecular complexity index is 152. The zero-order chi connectivity index (χ0) is 8.43. The second-order valence-electron chi connectivity index (χ2n) is 2.92. The van der Waals surface area contributed by atoms with Gasteiger partial charge in [0, 0.05) is 25.2 Å². The minimum Gasteiger partial charge on any atom is -0.480 e. The fraction of sp³-hybridized carbons (Fsp3) is 0.833. The Morgan fingerprint density at radius 3 is 2.27 bits per heavy atom. The van der Waals surface area contributed by atoms with Crippen LogP contribution >= 0.6 is 0 Å². The fourth-order valence-electron chi connectivity index (χ4n) is 1.26. The Morgan fingerprint density at radius 2 is 1.91 bits per heavy atom. The normalized spacial score (nSPS) is 32.5. The Kier molecular flexibility index (Phi) is 2.43. The number of carboxylic acids is 1. The van der Waals surface area contributed by atoms with E-state index in [4.69, 9.17) is 16.6 Å². The molecule has 0 aromatic carbocycles. The molecule has 0 radical (unpaired) electrons. The van der Waals surface area contributed by atoms with Crippen LogP contribution in [0.3, 0.4) is 0 Å². The molecule has 0 aromatic rings. The quantitative estimate of drug-likeness (QED) is 0.435. The van der Waals surface area contributed by atoms with Gasteiger partial charge in [-0.3, -0.25) is 9.69 Å². The first-order chi connectivity index (χ1) is 5.09. The zero-order valence-electron chi connectivity index (χ0n) is 6.23. The second kappa shape index (κ2) is 3.17. The molecule has 11 heavy (non-hydrogen) atoms. The van der Waals surface area contributed by atoms with E-state index in [2.05, 4.69) is 0 Å². The van der Waals surface area contributed by atoms with Crippen molar-refractivity contribution in [3.05, 3.63) is 0 Å². The standard InChI is InChI=1S/C6H13N3O2/c7-4-1-9(2-5(4)8)3-6(10)11/h4-5H,1-3,7-8H2,(H,10,11)/t4-,5-/m0/s1. The number of rotatable bonds is 2. The molecule has 1 heterocycles. The molecule has 0 aliphatic carbocycles. The largest absolute Gasteiger partial charge is 0.480 e. The number of nitrogens with zero attached hydrogens (tertiary/aromatic N) is 1. The fourth-order valence-corrected chi connectivity index (χ4v) is 1.26. The molecule has 1 fully saturated rings. The van der Waals surface area contributed by atoms with Gasteiger partial charge in [-0.2, -0.15) is 0 Å². The number of hydrogen-bond acceptors (Lipinski definition) is 4. The summed E-state index contributed by atoms with van der Waals surface area (Å²) in [5.74, 6) is -0.827. The highest BCUT2D eigenvalue weighted by Gasteiger charge is 2.27. The minimum atomic E-state index is -0.827. The highest BCUT2D eigenvalue weighted by Crippen LogP contribution is 2.04. The van der Waals surface area contributed by atoms with Gasteiger partial charge in [0.25, 0.3) is 0 Å². The predicted octanol–water partition coefficient (Wildman–Crippen LogP) is -1.96. The SMILES string of the molecule is N[C@H]1CN(CC(=O)O)C[C@@H]1N. The van der Waals surface area contributed by atoms with E-state index in [0.29, 0.717) is 13.1 Å². The molecule has 1 aliphatic rings. The molecule has 1 saturated heterocycles. The van der Waals surface area contributed by atoms with Crippen LogP contribution in [0.2, 0.25) is 0 Å². The van der Waals surface area contributed by atoms with E-state index in [1.54, 1.807) is 4.90 Å². The summed E-state index contributed by atoms with van der Waals surface area (Å²) in [6.07, 6.45) is 0. The second-order valence-corrected chi connectivity index (χ2v) is 2.92. The molecule has 0 amide bonds. The summed E-state index contributed by atoms with van der Waals surface area (Å²) < 4.78 is 0. The Labute approximate surface area is 65.0 Å². The molecule has 0 unspecified atom stereocenters. The van der Waals surface area contributed by atoms with Gasteiger partial charge in [-0.05, 0) is 0 Å². The number of hydrogen-bond donors (Lipinski definition) is 3. The molecule has 0 saturated carbocycles. The molecule has 64 valence electrons. The van der Waals surface area contributed by atoms with E-state index in [1.165, 1.54) is 0 Å². The van der Waals surface area contributed by atoms with Crippen molar-refractivity contribution in [1.29, 1.82) is 0 Å². The molecule has 2 atom stereocenters. The zero-order valence-corrected chi connectivity index (χ0v) is 6.23. The number of nitrogens with two attached hydrogens (primary N) is 2. The van der Waals surface area contributed by atoms with Crippen molar-refractivity contribution in [3.63, 3.8) is 0 Å². The van der Waals surface area contributed by atoms with E-state index in [9.17, 15) is 4.79 Å². The van der Waals surface area contributed by atoms with Crippen LogP contribution in [0.1, 0.15) is 0 Å². The molecule has 1 rings (SSSR count). The molecule has 5 nitrogen and oxygen atoms in total. The monoisotopic (exact) mass is 159 g/mol. The Hall–Kier alpha value is -0.650. The summed E-state index contributed by atoms with van der Waals surface area (Å²) >= 11 is 0. The van der Waals surface area contributed by atoms with Crippen molar-refractivity contribution in [2.24, 2.45) is 11.5 Å². The van der Waals surface area contributed by atoms with E-state index in [1.807, 2.05) is 0 Å². The molecule has 5 N–H and O–H groups in total. The van der Waals surface area contributed by atoms with Gasteiger partial charge in [0.1, 0.15) is 0 Å². The number of aliphatic carboxylic acids is 1. The smallest absolute Gasteiger partial charge is 0.317 e. The van der Waals surface area contributed by atoms with Gasteiger partial charge in [-0.15, -0.1) is 0 Å². The number of likely N-dealkylation sites (tertiary alicyclic amines) is 1. The highest BCUT2D eigenvalue weighted by atomic mass is 16.4. The van der Waals surface area contributed by atoms with Crippen LogP contribution in [0.4, 0.5) is 0 Å². The van der Waals surface area contributed by atoms with Gasteiger partial charge in [0.15, 0.2) is 0 Å². The summed E-state index contributed by atoms with van der Waals surface area (Å²) in [4.78, 5) is 12.0. The van der Waals surface area contributed by atoms with Gasteiger partial charge < -0.3 is 16.6 Å². The summed E-state index contributed by atoms with van der Waals surface area (Å²) in [5.41, 5.74) is 11.2. The average Bonchev–Trinajstić information content (AvgIpc) is 2.10. The topological polar surface area (TPSA) is 92.6 Å². The molecular weight excluding hydrogens is 146 g/mol. The molecule has 0 bridgehead atoms. The van der Waals surface area contributed by atoms with Crippen LogP contribution in [0.15, 0.2) is 0 Å². The maximum Gasteiger partial charge on any atom is 0.317 e. The molecular formula is C6H13N3O2. The maximum atomic E-state index is 10.2.